The third-order valence-electron chi connectivity index (χ3n) is 7.43. The molecule has 3 unspecified atom stereocenters. The minimum absolute atomic E-state index is 0.366. The third-order valence-corrected chi connectivity index (χ3v) is 7.43. The van der Waals surface area contributed by atoms with Gasteiger partial charge in [-0.3, -0.25) is 0 Å². The average Bonchev–Trinajstić information content (AvgIpc) is 3.63. The minimum Gasteiger partial charge on any atom is -0.391 e. The summed E-state index contributed by atoms with van der Waals surface area (Å²) in [5.41, 5.74) is 9.11. The van der Waals surface area contributed by atoms with Gasteiger partial charge in [-0.1, -0.05) is 61.4 Å². The zero-order chi connectivity index (χ0) is 23.7. The maximum Gasteiger partial charge on any atom is 0.133 e. The molecule has 1 aliphatic heterocycles. The molecule has 174 valence electrons. The highest BCUT2D eigenvalue weighted by molar-refractivity contribution is 5.52. The van der Waals surface area contributed by atoms with Gasteiger partial charge in [-0.05, 0) is 55.0 Å². The summed E-state index contributed by atoms with van der Waals surface area (Å²) in [4.78, 5) is 2.07. The lowest BCUT2D eigenvalue weighted by molar-refractivity contribution is 0.163. The first-order chi connectivity index (χ1) is 16.5. The van der Waals surface area contributed by atoms with Crippen LogP contribution in [-0.2, 0) is 5.54 Å². The van der Waals surface area contributed by atoms with Crippen molar-refractivity contribution in [2.45, 2.75) is 49.8 Å². The number of nitriles is 1. The summed E-state index contributed by atoms with van der Waals surface area (Å²) < 4.78 is 16.4. The molecule has 0 aromatic heterocycles. The molecule has 0 amide bonds. The molecule has 34 heavy (non-hydrogen) atoms. The number of benzene rings is 3. The molecule has 5 rings (SSSR count). The van der Waals surface area contributed by atoms with Gasteiger partial charge in [0.2, 0.25) is 0 Å². The predicted octanol–water partition coefficient (Wildman–Crippen LogP) is 5.40. The smallest absolute Gasteiger partial charge is 0.133 e. The largest absolute Gasteiger partial charge is 0.391 e. The van der Waals surface area contributed by atoms with E-state index in [-0.39, 0.29) is 5.82 Å². The number of rotatable bonds is 7. The molecule has 4 nitrogen and oxygen atoms in total. The molecule has 2 aliphatic rings. The van der Waals surface area contributed by atoms with Crippen molar-refractivity contribution in [3.05, 3.63) is 101 Å². The molecule has 3 N–H and O–H groups in total. The van der Waals surface area contributed by atoms with Crippen molar-refractivity contribution in [1.82, 2.24) is 0 Å². The summed E-state index contributed by atoms with van der Waals surface area (Å²) in [7, 11) is 0. The number of nitrogens with zero attached hydrogens (tertiary/aromatic N) is 2. The number of nitrogens with two attached hydrogens (primary N) is 1. The van der Waals surface area contributed by atoms with E-state index in [4.69, 9.17) is 5.73 Å². The Hall–Kier alpha value is -3.20. The average molecular weight is 456 g/mol. The Bertz CT molecular complexity index is 1200. The van der Waals surface area contributed by atoms with Crippen molar-refractivity contribution in [3.8, 4) is 6.07 Å². The van der Waals surface area contributed by atoms with E-state index < -0.39 is 17.7 Å². The summed E-state index contributed by atoms with van der Waals surface area (Å²) in [6.07, 6.45) is 3.80. The van der Waals surface area contributed by atoms with E-state index in [2.05, 4.69) is 11.0 Å². The maximum absolute atomic E-state index is 16.4. The maximum atomic E-state index is 16.4. The van der Waals surface area contributed by atoms with Crippen LogP contribution in [0.25, 0.3) is 0 Å². The summed E-state index contributed by atoms with van der Waals surface area (Å²) in [5.74, 6) is 0.272. The van der Waals surface area contributed by atoms with Crippen LogP contribution in [0.3, 0.4) is 0 Å². The van der Waals surface area contributed by atoms with Gasteiger partial charge in [0.25, 0.3) is 0 Å². The van der Waals surface area contributed by atoms with Crippen molar-refractivity contribution in [2.24, 2.45) is 11.7 Å². The second-order valence-corrected chi connectivity index (χ2v) is 9.68. The first-order valence-electron chi connectivity index (χ1n) is 12.1. The third kappa shape index (κ3) is 4.20. The van der Waals surface area contributed by atoms with E-state index in [0.717, 1.165) is 17.7 Å². The lowest BCUT2D eigenvalue weighted by Gasteiger charge is -2.34. The molecule has 0 spiro atoms. The monoisotopic (exact) mass is 455 g/mol. The minimum atomic E-state index is -1.06. The van der Waals surface area contributed by atoms with Crippen LogP contribution in [0.4, 0.5) is 10.1 Å². The second-order valence-electron chi connectivity index (χ2n) is 9.68. The lowest BCUT2D eigenvalue weighted by atomic mass is 9.77. The molecular formula is C29H30FN3O. The van der Waals surface area contributed by atoms with Crippen LogP contribution in [-0.4, -0.2) is 17.8 Å². The van der Waals surface area contributed by atoms with Crippen molar-refractivity contribution < 1.29 is 9.50 Å². The second kappa shape index (κ2) is 9.21. The number of aliphatic hydroxyl groups is 1. The van der Waals surface area contributed by atoms with Crippen LogP contribution in [0.1, 0.15) is 60.4 Å². The van der Waals surface area contributed by atoms with E-state index in [0.29, 0.717) is 42.0 Å². The molecule has 3 atom stereocenters. The molecule has 5 heteroatoms. The van der Waals surface area contributed by atoms with Crippen LogP contribution in [0.5, 0.6) is 0 Å². The molecule has 1 aliphatic carbocycles. The van der Waals surface area contributed by atoms with Gasteiger partial charge in [0, 0.05) is 23.4 Å². The number of anilines is 1. The van der Waals surface area contributed by atoms with Crippen molar-refractivity contribution >= 4 is 5.69 Å². The van der Waals surface area contributed by atoms with Crippen molar-refractivity contribution in [1.29, 1.82) is 5.26 Å². The van der Waals surface area contributed by atoms with Gasteiger partial charge in [-0.2, -0.15) is 5.26 Å². The molecule has 3 aromatic rings. The van der Waals surface area contributed by atoms with Gasteiger partial charge < -0.3 is 15.7 Å². The fraction of sp³-hybridized carbons (Fsp3) is 0.345. The number of aliphatic hydroxyl groups excluding tert-OH is 1. The zero-order valence-electron chi connectivity index (χ0n) is 19.2. The van der Waals surface area contributed by atoms with E-state index >= 15 is 4.39 Å². The van der Waals surface area contributed by atoms with Gasteiger partial charge in [0.15, 0.2) is 0 Å². The van der Waals surface area contributed by atoms with Crippen LogP contribution < -0.4 is 10.6 Å². The van der Waals surface area contributed by atoms with Gasteiger partial charge >= 0.3 is 0 Å². The van der Waals surface area contributed by atoms with E-state index in [1.165, 1.54) is 12.8 Å². The van der Waals surface area contributed by atoms with Crippen LogP contribution >= 0.6 is 0 Å². The van der Waals surface area contributed by atoms with Crippen LogP contribution in [0.15, 0.2) is 72.8 Å². The fourth-order valence-electron chi connectivity index (χ4n) is 5.32. The van der Waals surface area contributed by atoms with E-state index in [9.17, 15) is 10.4 Å². The standard InChI is InChI=1S/C29H30FN3O/c30-27-24(28-26(34)15-17-33(28)23-8-2-1-3-9-23)10-5-11-25(27)29(32,16-14-20-12-13-20)22-7-4-6-21(18-22)19-31/h1-11,18,20,26,28,34H,12-17,32H2. The van der Waals surface area contributed by atoms with Crippen LogP contribution in [0, 0.1) is 23.1 Å². The lowest BCUT2D eigenvalue weighted by Crippen LogP contribution is -2.40. The highest BCUT2D eigenvalue weighted by Gasteiger charge is 2.40. The molecule has 0 bridgehead atoms. The normalized spacial score (nSPS) is 21.8. The molecular weight excluding hydrogens is 425 g/mol. The Labute approximate surface area is 200 Å². The Morgan fingerprint density at radius 2 is 1.79 bits per heavy atom. The van der Waals surface area contributed by atoms with Crippen LogP contribution in [0.2, 0.25) is 0 Å². The molecule has 2 fully saturated rings. The molecule has 0 radical (unpaired) electrons. The summed E-state index contributed by atoms with van der Waals surface area (Å²) in [5, 5.41) is 20.3. The Kier molecular flexibility index (Phi) is 6.12. The summed E-state index contributed by atoms with van der Waals surface area (Å²) in [6, 6.07) is 24.1. The molecule has 1 saturated heterocycles. The fourth-order valence-corrected chi connectivity index (χ4v) is 5.32. The number of hydrogen-bond acceptors (Lipinski definition) is 4. The van der Waals surface area contributed by atoms with Gasteiger partial charge in [-0.15, -0.1) is 0 Å². The summed E-state index contributed by atoms with van der Waals surface area (Å²) >= 11 is 0. The first kappa shape index (κ1) is 22.6. The van der Waals surface area contributed by atoms with Gasteiger partial charge in [0.05, 0.1) is 29.3 Å². The van der Waals surface area contributed by atoms with E-state index in [1.54, 1.807) is 24.3 Å². The number of para-hydroxylation sites is 1. The number of hydrogen-bond donors (Lipinski definition) is 2. The Morgan fingerprint density at radius 3 is 2.53 bits per heavy atom. The molecule has 1 saturated carbocycles. The summed E-state index contributed by atoms with van der Waals surface area (Å²) in [6.45, 7) is 0.652. The molecule has 3 aromatic carbocycles. The highest BCUT2D eigenvalue weighted by atomic mass is 19.1. The SMILES string of the molecule is N#Cc1cccc(C(N)(CCC2CC2)c2cccc(C3C(O)CCN3c3ccccc3)c2F)c1. The number of halogens is 1. The van der Waals surface area contributed by atoms with E-state index in [1.807, 2.05) is 48.5 Å². The quantitative estimate of drug-likeness (QED) is 0.500. The first-order valence-corrected chi connectivity index (χ1v) is 12.1. The topological polar surface area (TPSA) is 73.3 Å². The Balaban J connectivity index is 1.59. The van der Waals surface area contributed by atoms with Crippen molar-refractivity contribution in [2.75, 3.05) is 11.4 Å². The van der Waals surface area contributed by atoms with Crippen molar-refractivity contribution in [3.63, 3.8) is 0 Å². The zero-order valence-corrected chi connectivity index (χ0v) is 19.2. The molecule has 1 heterocycles. The predicted molar refractivity (Wildman–Crippen MR) is 132 cm³/mol. The Morgan fingerprint density at radius 1 is 1.03 bits per heavy atom. The highest BCUT2D eigenvalue weighted by Crippen LogP contribution is 2.43. The van der Waals surface area contributed by atoms with Gasteiger partial charge in [0.1, 0.15) is 5.82 Å². The van der Waals surface area contributed by atoms with Gasteiger partial charge in [-0.25, -0.2) is 4.39 Å².